The quantitative estimate of drug-likeness (QED) is 0.107. The van der Waals surface area contributed by atoms with Gasteiger partial charge in [0.15, 0.2) is 0 Å². The third-order valence-corrected chi connectivity index (χ3v) is 23.2. The summed E-state index contributed by atoms with van der Waals surface area (Å²) in [5.74, 6) is 0. The van der Waals surface area contributed by atoms with Gasteiger partial charge in [0, 0.05) is 0 Å². The van der Waals surface area contributed by atoms with Crippen LogP contribution in [0.4, 0.5) is 0 Å². The first kappa shape index (κ1) is 29.9. The van der Waals surface area contributed by atoms with Crippen LogP contribution in [0.1, 0.15) is 0 Å². The summed E-state index contributed by atoms with van der Waals surface area (Å²) in [4.78, 5) is 0. The van der Waals surface area contributed by atoms with E-state index in [2.05, 4.69) is 196 Å². The van der Waals surface area contributed by atoms with Crippen molar-refractivity contribution in [3.63, 3.8) is 0 Å². The predicted molar refractivity (Wildman–Crippen MR) is 250 cm³/mol. The molecule has 16 rings (SSSR count). The second-order valence-corrected chi connectivity index (χ2v) is 23.0. The van der Waals surface area contributed by atoms with Crippen LogP contribution in [0, 0.1) is 0 Å². The maximum atomic E-state index is 2.96. The minimum absolute atomic E-state index is 1.28. The second kappa shape index (κ2) is 9.87. The third kappa shape index (κ3) is 3.08. The molecule has 4 aromatic heterocycles. The normalized spacial score (nSPS) is 14.2. The van der Waals surface area contributed by atoms with Crippen molar-refractivity contribution >= 4 is 134 Å². The molecule has 0 atom stereocenters. The zero-order valence-corrected chi connectivity index (χ0v) is 33.7. The molecule has 10 aromatic carbocycles. The van der Waals surface area contributed by atoms with Gasteiger partial charge in [0.1, 0.15) is 0 Å². The van der Waals surface area contributed by atoms with E-state index in [0.29, 0.717) is 0 Å². The van der Waals surface area contributed by atoms with Gasteiger partial charge in [0.05, 0.1) is 0 Å². The first-order valence-electron chi connectivity index (χ1n) is 20.6. The van der Waals surface area contributed by atoms with Crippen molar-refractivity contribution in [2.45, 2.75) is 0 Å². The Morgan fingerprint density at radius 3 is 0.898 bits per heavy atom. The van der Waals surface area contributed by atoms with Crippen LogP contribution >= 0.6 is 0 Å². The molecular formula is C54H30GeN4. The molecule has 2 aliphatic rings. The number of rotatable bonds is 0. The van der Waals surface area contributed by atoms with E-state index in [9.17, 15) is 0 Å². The number of benzene rings is 10. The van der Waals surface area contributed by atoms with Gasteiger partial charge in [-0.15, -0.1) is 0 Å². The van der Waals surface area contributed by atoms with Gasteiger partial charge >= 0.3 is 341 Å². The fraction of sp³-hybridized carbons (Fsp3) is 0. The van der Waals surface area contributed by atoms with Crippen molar-refractivity contribution in [2.24, 2.45) is 0 Å². The summed E-state index contributed by atoms with van der Waals surface area (Å²) in [7, 11) is 0. The molecule has 2 aliphatic heterocycles. The van der Waals surface area contributed by atoms with Crippen LogP contribution in [-0.2, 0) is 0 Å². The minimum atomic E-state index is -4.73. The number of para-hydroxylation sites is 6. The summed E-state index contributed by atoms with van der Waals surface area (Å²) in [6.07, 6.45) is 0. The molecule has 270 valence electrons. The van der Waals surface area contributed by atoms with Crippen LogP contribution in [0.15, 0.2) is 182 Å². The van der Waals surface area contributed by atoms with Gasteiger partial charge in [0.2, 0.25) is 0 Å². The SMILES string of the molecule is c1ccc2c(c1)c1ccc3c4ccccc4[n]4c3c1c1c2ccc2c3ccccc3[n](c21)[Ge]41[n]2c3ccccc3c3cccc(c32)-c2cccc3c4ccccc4[n]1c23. The molecule has 0 amide bonds. The molecule has 0 saturated heterocycles. The Morgan fingerprint density at radius 1 is 0.220 bits per heavy atom. The molecule has 0 unspecified atom stereocenters. The van der Waals surface area contributed by atoms with Crippen LogP contribution in [0.3, 0.4) is 0 Å². The van der Waals surface area contributed by atoms with Crippen molar-refractivity contribution in [1.82, 2.24) is 14.1 Å². The molecule has 14 aromatic rings. The summed E-state index contributed by atoms with van der Waals surface area (Å²) in [5.41, 5.74) is 13.0. The number of aromatic nitrogens is 4. The average molecular weight is 807 g/mol. The molecule has 5 heteroatoms. The van der Waals surface area contributed by atoms with E-state index in [1.807, 2.05) is 0 Å². The molecule has 0 fully saturated rings. The number of fused-ring (bicyclic) bond motifs is 20. The summed E-state index contributed by atoms with van der Waals surface area (Å²) in [6.45, 7) is 0. The Kier molecular flexibility index (Phi) is 5.00. The Hall–Kier alpha value is -7.28. The van der Waals surface area contributed by atoms with Gasteiger partial charge in [0.25, 0.3) is 0 Å². The number of nitrogens with zero attached hydrogens (tertiary/aromatic N) is 4. The van der Waals surface area contributed by atoms with Gasteiger partial charge in [-0.25, -0.2) is 0 Å². The van der Waals surface area contributed by atoms with Crippen LogP contribution in [0.2, 0.25) is 0 Å². The molecule has 0 aliphatic carbocycles. The second-order valence-electron chi connectivity index (χ2n) is 16.7. The van der Waals surface area contributed by atoms with Crippen molar-refractivity contribution in [3.8, 4) is 11.1 Å². The standard InChI is InChI=1S/C54H30GeN4/c1-2-14-32-31(13-1)37-27-29-43-35-17-5-9-25-47(35)58-53(43)49(37)50-38(32)28-30-44-36-18-6-10-26-48(36)59(54(44)50)55(58)56-45-23-7-3-15-33(45)39-19-11-21-41(51(39)56)42-22-12-20-40-34-16-4-8-24-46(34)57(55)52(40)42/h1-30H. The fourth-order valence-electron chi connectivity index (χ4n) is 12.3. The molecule has 0 saturated carbocycles. The van der Waals surface area contributed by atoms with Gasteiger partial charge in [-0.2, -0.15) is 0 Å². The van der Waals surface area contributed by atoms with Gasteiger partial charge in [-0.1, -0.05) is 0 Å². The Labute approximate surface area is 339 Å². The van der Waals surface area contributed by atoms with E-state index < -0.39 is 14.2 Å². The van der Waals surface area contributed by atoms with Crippen molar-refractivity contribution in [1.29, 1.82) is 0 Å². The van der Waals surface area contributed by atoms with Gasteiger partial charge in [-0.3, -0.25) is 0 Å². The molecule has 0 radical (unpaired) electrons. The topological polar surface area (TPSA) is 19.7 Å². The Morgan fingerprint density at radius 2 is 0.508 bits per heavy atom. The Balaban J connectivity index is 1.38. The first-order valence-corrected chi connectivity index (χ1v) is 24.4. The molecule has 59 heavy (non-hydrogen) atoms. The summed E-state index contributed by atoms with van der Waals surface area (Å²) < 4.78 is 11.8. The van der Waals surface area contributed by atoms with Crippen LogP contribution < -0.4 is 0 Å². The molecular weight excluding hydrogens is 777 g/mol. The summed E-state index contributed by atoms with van der Waals surface area (Å²) in [5, 5.41) is 18.4. The zero-order valence-electron chi connectivity index (χ0n) is 31.6. The zero-order chi connectivity index (χ0) is 37.9. The van der Waals surface area contributed by atoms with E-state index in [0.717, 1.165) is 0 Å². The van der Waals surface area contributed by atoms with E-state index in [1.54, 1.807) is 0 Å². The number of hydrogen-bond donors (Lipinski definition) is 0. The molecule has 0 N–H and O–H groups in total. The van der Waals surface area contributed by atoms with E-state index in [4.69, 9.17) is 0 Å². The number of hydrogen-bond acceptors (Lipinski definition) is 0. The van der Waals surface area contributed by atoms with E-state index in [1.165, 1.54) is 131 Å². The van der Waals surface area contributed by atoms with Crippen molar-refractivity contribution in [2.75, 3.05) is 0 Å². The predicted octanol–water partition coefficient (Wildman–Crippen LogP) is 13.8. The average Bonchev–Trinajstić information content (AvgIpc) is 4.00. The van der Waals surface area contributed by atoms with Gasteiger partial charge < -0.3 is 0 Å². The summed E-state index contributed by atoms with van der Waals surface area (Å²) >= 11 is -4.73. The molecule has 0 bridgehead atoms. The van der Waals surface area contributed by atoms with Gasteiger partial charge in [-0.05, 0) is 0 Å². The Bertz CT molecular complexity index is 4050. The summed E-state index contributed by atoms with van der Waals surface area (Å²) in [6, 6.07) is 70.0. The molecule has 1 spiro atoms. The molecule has 4 nitrogen and oxygen atoms in total. The maximum absolute atomic E-state index is 4.73. The first-order chi connectivity index (χ1) is 29.3. The van der Waals surface area contributed by atoms with Crippen molar-refractivity contribution in [3.05, 3.63) is 182 Å². The van der Waals surface area contributed by atoms with E-state index >= 15 is 0 Å². The van der Waals surface area contributed by atoms with Crippen LogP contribution in [0.25, 0.3) is 131 Å². The van der Waals surface area contributed by atoms with E-state index in [-0.39, 0.29) is 0 Å². The van der Waals surface area contributed by atoms with Crippen molar-refractivity contribution < 1.29 is 0 Å². The third-order valence-electron chi connectivity index (χ3n) is 14.3. The monoisotopic (exact) mass is 808 g/mol. The van der Waals surface area contributed by atoms with Crippen LogP contribution in [-0.4, -0.2) is 28.3 Å². The molecule has 6 heterocycles. The van der Waals surface area contributed by atoms with Crippen LogP contribution in [0.5, 0.6) is 0 Å². The fourth-order valence-corrected chi connectivity index (χ4v) is 23.7.